The summed E-state index contributed by atoms with van der Waals surface area (Å²) in [7, 11) is 3.48. The Kier molecular flexibility index (Phi) is 5.53. The number of amides is 2. The number of hydrogen-bond acceptors (Lipinski definition) is 3. The Labute approximate surface area is 196 Å². The quantitative estimate of drug-likeness (QED) is 0.472. The molecule has 3 aromatic carbocycles. The third-order valence-corrected chi connectivity index (χ3v) is 6.34. The minimum atomic E-state index is -0.406. The lowest BCUT2D eigenvalue weighted by Crippen LogP contribution is -2.39. The fourth-order valence-corrected chi connectivity index (χ4v) is 4.68. The van der Waals surface area contributed by atoms with Gasteiger partial charge in [0, 0.05) is 30.1 Å². The first kappa shape index (κ1) is 21.7. The van der Waals surface area contributed by atoms with Gasteiger partial charge in [-0.25, -0.2) is 4.39 Å². The number of fused-ring (bicyclic) bond motifs is 3. The largest absolute Gasteiger partial charge is 0.497 e. The Balaban J connectivity index is 1.48. The van der Waals surface area contributed by atoms with Crippen LogP contribution in [-0.4, -0.2) is 34.9 Å². The van der Waals surface area contributed by atoms with Gasteiger partial charge in [-0.05, 0) is 41.5 Å². The van der Waals surface area contributed by atoms with E-state index in [0.717, 1.165) is 33.3 Å². The summed E-state index contributed by atoms with van der Waals surface area (Å²) in [5.41, 5.74) is 4.15. The molecule has 7 heteroatoms. The number of benzene rings is 3. The zero-order chi connectivity index (χ0) is 23.8. The molecule has 172 valence electrons. The lowest BCUT2D eigenvalue weighted by molar-refractivity contribution is -0.122. The number of nitrogens with one attached hydrogen (secondary N) is 1. The van der Waals surface area contributed by atoms with Crippen LogP contribution >= 0.6 is 0 Å². The van der Waals surface area contributed by atoms with Crippen molar-refractivity contribution >= 4 is 22.7 Å². The van der Waals surface area contributed by atoms with Crippen LogP contribution in [0.4, 0.5) is 4.39 Å². The topological polar surface area (TPSA) is 63.6 Å². The highest BCUT2D eigenvalue weighted by molar-refractivity contribution is 6.07. The molecule has 1 aliphatic heterocycles. The second-order valence-electron chi connectivity index (χ2n) is 8.35. The first-order valence-electron chi connectivity index (χ1n) is 11.0. The summed E-state index contributed by atoms with van der Waals surface area (Å²) in [6, 6.07) is 21.0. The lowest BCUT2D eigenvalue weighted by atomic mass is 9.98. The highest BCUT2D eigenvalue weighted by Gasteiger charge is 2.42. The Morgan fingerprint density at radius 1 is 1.03 bits per heavy atom. The van der Waals surface area contributed by atoms with Crippen molar-refractivity contribution in [3.63, 3.8) is 0 Å². The van der Waals surface area contributed by atoms with Crippen LogP contribution in [0, 0.1) is 5.82 Å². The normalized spacial score (nSPS) is 15.0. The summed E-state index contributed by atoms with van der Waals surface area (Å²) in [6.45, 7) is 0.157. The first-order valence-corrected chi connectivity index (χ1v) is 11.0. The predicted molar refractivity (Wildman–Crippen MR) is 127 cm³/mol. The molecule has 0 bridgehead atoms. The van der Waals surface area contributed by atoms with Crippen molar-refractivity contribution in [3.8, 4) is 5.75 Å². The van der Waals surface area contributed by atoms with E-state index in [4.69, 9.17) is 4.74 Å². The Morgan fingerprint density at radius 2 is 1.74 bits per heavy atom. The molecule has 0 radical (unpaired) electrons. The van der Waals surface area contributed by atoms with Crippen molar-refractivity contribution in [1.82, 2.24) is 14.8 Å². The van der Waals surface area contributed by atoms with E-state index in [-0.39, 0.29) is 30.7 Å². The fourth-order valence-electron chi connectivity index (χ4n) is 4.68. The van der Waals surface area contributed by atoms with Gasteiger partial charge in [-0.15, -0.1) is 0 Å². The zero-order valence-corrected chi connectivity index (χ0v) is 18.9. The van der Waals surface area contributed by atoms with E-state index < -0.39 is 6.04 Å². The molecule has 5 rings (SSSR count). The summed E-state index contributed by atoms with van der Waals surface area (Å²) in [6.07, 6.45) is 0. The number of rotatable bonds is 6. The van der Waals surface area contributed by atoms with E-state index in [2.05, 4.69) is 5.32 Å². The van der Waals surface area contributed by atoms with Gasteiger partial charge in [0.15, 0.2) is 0 Å². The molecular formula is C27H24FN3O3. The maximum Gasteiger partial charge on any atom is 0.272 e. The minimum absolute atomic E-state index is 0.0975. The van der Waals surface area contributed by atoms with Gasteiger partial charge in [-0.1, -0.05) is 42.5 Å². The number of nitrogens with zero attached hydrogens (tertiary/aromatic N) is 2. The number of aryl methyl sites for hydroxylation is 1. The number of hydrogen-bond donors (Lipinski definition) is 1. The molecule has 4 aromatic rings. The van der Waals surface area contributed by atoms with Crippen molar-refractivity contribution in [2.24, 2.45) is 7.05 Å². The molecule has 0 saturated heterocycles. The van der Waals surface area contributed by atoms with E-state index in [0.29, 0.717) is 5.69 Å². The number of aromatic nitrogens is 1. The Bertz CT molecular complexity index is 1380. The molecule has 1 atom stereocenters. The van der Waals surface area contributed by atoms with E-state index >= 15 is 0 Å². The van der Waals surface area contributed by atoms with Crippen LogP contribution in [-0.2, 0) is 18.4 Å². The summed E-state index contributed by atoms with van der Waals surface area (Å²) in [4.78, 5) is 28.1. The molecule has 0 fully saturated rings. The van der Waals surface area contributed by atoms with Crippen LogP contribution in [0.3, 0.4) is 0 Å². The highest BCUT2D eigenvalue weighted by Crippen LogP contribution is 2.43. The lowest BCUT2D eigenvalue weighted by Gasteiger charge is -2.26. The molecule has 6 nitrogen and oxygen atoms in total. The fraction of sp³-hybridized carbons (Fsp3) is 0.185. The van der Waals surface area contributed by atoms with E-state index in [1.165, 1.54) is 12.1 Å². The molecule has 0 aliphatic carbocycles. The second-order valence-corrected chi connectivity index (χ2v) is 8.35. The number of ether oxygens (including phenoxy) is 1. The molecule has 0 saturated carbocycles. The molecule has 34 heavy (non-hydrogen) atoms. The molecule has 0 spiro atoms. The standard InChI is InChI=1S/C27H24FN3O3/c1-30-22-6-4-3-5-21(22)24-25(18-9-13-20(34-2)14-10-18)31(27(33)26(24)30)16-23(32)29-15-17-7-11-19(28)12-8-17/h3-14,25H,15-16H2,1-2H3,(H,29,32)/t25-/m0/s1. The average Bonchev–Trinajstić information content (AvgIpc) is 3.31. The summed E-state index contributed by atoms with van der Waals surface area (Å²) < 4.78 is 20.4. The molecular weight excluding hydrogens is 433 g/mol. The van der Waals surface area contributed by atoms with Gasteiger partial charge in [-0.3, -0.25) is 9.59 Å². The number of halogens is 1. The molecule has 2 heterocycles. The molecule has 1 aromatic heterocycles. The van der Waals surface area contributed by atoms with Crippen LogP contribution < -0.4 is 10.1 Å². The third-order valence-electron chi connectivity index (χ3n) is 6.34. The van der Waals surface area contributed by atoms with Gasteiger partial charge >= 0.3 is 0 Å². The van der Waals surface area contributed by atoms with Crippen molar-refractivity contribution < 1.29 is 18.7 Å². The van der Waals surface area contributed by atoms with Crippen LogP contribution in [0.15, 0.2) is 72.8 Å². The van der Waals surface area contributed by atoms with E-state index in [1.807, 2.05) is 60.1 Å². The number of carbonyl (C=O) groups excluding carboxylic acids is 2. The molecule has 1 N–H and O–H groups in total. The zero-order valence-electron chi connectivity index (χ0n) is 18.9. The van der Waals surface area contributed by atoms with Gasteiger partial charge in [0.2, 0.25) is 5.91 Å². The maximum absolute atomic E-state index is 13.6. The van der Waals surface area contributed by atoms with Crippen LogP contribution in [0.5, 0.6) is 5.75 Å². The first-order chi connectivity index (χ1) is 16.5. The summed E-state index contributed by atoms with van der Waals surface area (Å²) >= 11 is 0. The molecule has 1 aliphatic rings. The Hall–Kier alpha value is -4.13. The van der Waals surface area contributed by atoms with Crippen LogP contribution in [0.1, 0.15) is 33.2 Å². The average molecular weight is 458 g/mol. The van der Waals surface area contributed by atoms with Crippen molar-refractivity contribution in [2.45, 2.75) is 12.6 Å². The third kappa shape index (κ3) is 3.69. The van der Waals surface area contributed by atoms with Gasteiger partial charge in [-0.2, -0.15) is 0 Å². The monoisotopic (exact) mass is 457 g/mol. The highest BCUT2D eigenvalue weighted by atomic mass is 19.1. The summed E-state index contributed by atoms with van der Waals surface area (Å²) in [5.74, 6) is -0.0837. The number of para-hydroxylation sites is 1. The minimum Gasteiger partial charge on any atom is -0.497 e. The SMILES string of the molecule is COc1ccc([C@H]2c3c(n(C)c4ccccc34)C(=O)N2CC(=O)NCc2ccc(F)cc2)cc1. The molecule has 0 unspecified atom stereocenters. The van der Waals surface area contributed by atoms with Crippen LogP contribution in [0.2, 0.25) is 0 Å². The maximum atomic E-state index is 13.6. The van der Waals surface area contributed by atoms with E-state index in [9.17, 15) is 14.0 Å². The smallest absolute Gasteiger partial charge is 0.272 e. The Morgan fingerprint density at radius 3 is 2.44 bits per heavy atom. The second kappa shape index (κ2) is 8.67. The molecule has 2 amide bonds. The van der Waals surface area contributed by atoms with Gasteiger partial charge in [0.25, 0.3) is 5.91 Å². The summed E-state index contributed by atoms with van der Waals surface area (Å²) in [5, 5.41) is 3.83. The van der Waals surface area contributed by atoms with Gasteiger partial charge in [0.05, 0.1) is 13.2 Å². The van der Waals surface area contributed by atoms with Crippen molar-refractivity contribution in [2.75, 3.05) is 13.7 Å². The number of carbonyl (C=O) groups is 2. The predicted octanol–water partition coefficient (Wildman–Crippen LogP) is 4.19. The van der Waals surface area contributed by atoms with Gasteiger partial charge < -0.3 is 19.5 Å². The van der Waals surface area contributed by atoms with Crippen molar-refractivity contribution in [1.29, 1.82) is 0 Å². The van der Waals surface area contributed by atoms with Crippen molar-refractivity contribution in [3.05, 3.63) is 101 Å². The number of methoxy groups -OCH3 is 1. The van der Waals surface area contributed by atoms with Gasteiger partial charge in [0.1, 0.15) is 23.8 Å². The van der Waals surface area contributed by atoms with E-state index in [1.54, 1.807) is 24.1 Å². The van der Waals surface area contributed by atoms with Crippen LogP contribution in [0.25, 0.3) is 10.9 Å².